The lowest BCUT2D eigenvalue weighted by molar-refractivity contribution is -0.135. The Morgan fingerprint density at radius 3 is 2.32 bits per heavy atom. The van der Waals surface area contributed by atoms with Gasteiger partial charge in [0.25, 0.3) is 0 Å². The number of aliphatic hydroxyl groups is 1. The predicted molar refractivity (Wildman–Crippen MR) is 86.7 cm³/mol. The molecule has 1 atom stereocenters. The highest BCUT2D eigenvalue weighted by Crippen LogP contribution is 2.25. The van der Waals surface area contributed by atoms with Gasteiger partial charge < -0.3 is 14.9 Å². The molecule has 0 spiro atoms. The fraction of sp³-hybridized carbons (Fsp3) is 0.941. The molecule has 5 nitrogen and oxygen atoms in total. The highest BCUT2D eigenvalue weighted by molar-refractivity contribution is 5.79. The van der Waals surface area contributed by atoms with Gasteiger partial charge in [0, 0.05) is 25.2 Å². The van der Waals surface area contributed by atoms with Crippen LogP contribution in [-0.4, -0.2) is 83.7 Å². The number of hydrogen-bond donors (Lipinski definition) is 1. The standard InChI is InChI=1S/C17H31N3O2/c1-18-9-7-14(8-10-18)19-11-16(21)12-20(17(22)13-19)15-5-3-2-4-6-15/h14-16,21H,2-13H2,1H3. The molecule has 0 aromatic heterocycles. The lowest BCUT2D eigenvalue weighted by Crippen LogP contribution is -2.48. The van der Waals surface area contributed by atoms with Crippen LogP contribution in [-0.2, 0) is 4.79 Å². The van der Waals surface area contributed by atoms with E-state index in [9.17, 15) is 9.90 Å². The first-order valence-electron chi connectivity index (χ1n) is 9.03. The molecule has 3 fully saturated rings. The summed E-state index contributed by atoms with van der Waals surface area (Å²) < 4.78 is 0. The van der Waals surface area contributed by atoms with Crippen LogP contribution in [0.2, 0.25) is 0 Å². The first kappa shape index (κ1) is 16.2. The van der Waals surface area contributed by atoms with Crippen molar-refractivity contribution in [3.05, 3.63) is 0 Å². The molecule has 0 bridgehead atoms. The Morgan fingerprint density at radius 1 is 0.955 bits per heavy atom. The molecular formula is C17H31N3O2. The van der Waals surface area contributed by atoms with E-state index >= 15 is 0 Å². The Balaban J connectivity index is 1.63. The maximum atomic E-state index is 12.7. The monoisotopic (exact) mass is 309 g/mol. The average molecular weight is 309 g/mol. The molecule has 1 amide bonds. The molecule has 0 radical (unpaired) electrons. The second-order valence-electron chi connectivity index (χ2n) is 7.46. The molecule has 1 saturated carbocycles. The van der Waals surface area contributed by atoms with Gasteiger partial charge in [-0.1, -0.05) is 19.3 Å². The largest absolute Gasteiger partial charge is 0.390 e. The van der Waals surface area contributed by atoms with Gasteiger partial charge >= 0.3 is 0 Å². The van der Waals surface area contributed by atoms with Crippen molar-refractivity contribution >= 4 is 5.91 Å². The van der Waals surface area contributed by atoms with Gasteiger partial charge in [-0.25, -0.2) is 0 Å². The van der Waals surface area contributed by atoms with Crippen LogP contribution in [0.15, 0.2) is 0 Å². The van der Waals surface area contributed by atoms with Crippen molar-refractivity contribution in [1.82, 2.24) is 14.7 Å². The summed E-state index contributed by atoms with van der Waals surface area (Å²) in [5.41, 5.74) is 0. The van der Waals surface area contributed by atoms with Crippen molar-refractivity contribution in [2.45, 2.75) is 63.1 Å². The molecule has 2 aliphatic heterocycles. The van der Waals surface area contributed by atoms with Gasteiger partial charge in [0.1, 0.15) is 0 Å². The van der Waals surface area contributed by atoms with Crippen LogP contribution in [0, 0.1) is 0 Å². The second kappa shape index (κ2) is 7.28. The average Bonchev–Trinajstić information content (AvgIpc) is 2.67. The van der Waals surface area contributed by atoms with E-state index in [0.717, 1.165) is 38.8 Å². The Labute approximate surface area is 134 Å². The smallest absolute Gasteiger partial charge is 0.237 e. The van der Waals surface area contributed by atoms with Crippen molar-refractivity contribution in [3.8, 4) is 0 Å². The lowest BCUT2D eigenvalue weighted by Gasteiger charge is -2.37. The summed E-state index contributed by atoms with van der Waals surface area (Å²) in [6, 6.07) is 0.828. The van der Waals surface area contributed by atoms with Crippen LogP contribution in [0.25, 0.3) is 0 Å². The summed E-state index contributed by atoms with van der Waals surface area (Å²) in [7, 11) is 2.16. The minimum Gasteiger partial charge on any atom is -0.390 e. The fourth-order valence-corrected chi connectivity index (χ4v) is 4.37. The van der Waals surface area contributed by atoms with Gasteiger partial charge in [-0.2, -0.15) is 0 Å². The maximum absolute atomic E-state index is 12.7. The number of carbonyl (C=O) groups excluding carboxylic acids is 1. The summed E-state index contributed by atoms with van der Waals surface area (Å²) in [5, 5.41) is 10.4. The van der Waals surface area contributed by atoms with E-state index < -0.39 is 6.10 Å². The number of carbonyl (C=O) groups is 1. The molecule has 0 aromatic carbocycles. The molecule has 1 unspecified atom stereocenters. The minimum atomic E-state index is -0.395. The molecule has 0 aromatic rings. The molecule has 22 heavy (non-hydrogen) atoms. The molecule has 126 valence electrons. The maximum Gasteiger partial charge on any atom is 0.237 e. The molecule has 3 rings (SSSR count). The van der Waals surface area contributed by atoms with E-state index in [4.69, 9.17) is 0 Å². The van der Waals surface area contributed by atoms with Gasteiger partial charge in [0.2, 0.25) is 5.91 Å². The first-order valence-corrected chi connectivity index (χ1v) is 9.03. The number of β-amino-alcohol motifs (C(OH)–C–C–N with tert-alkyl or cyclic N) is 1. The predicted octanol–water partition coefficient (Wildman–Crippen LogP) is 0.918. The van der Waals surface area contributed by atoms with E-state index in [1.165, 1.54) is 19.3 Å². The summed E-state index contributed by atoms with van der Waals surface area (Å²) in [5.74, 6) is 0.238. The van der Waals surface area contributed by atoms with E-state index in [0.29, 0.717) is 31.7 Å². The van der Waals surface area contributed by atoms with Crippen LogP contribution < -0.4 is 0 Å². The summed E-state index contributed by atoms with van der Waals surface area (Å²) in [6.07, 6.45) is 7.81. The summed E-state index contributed by atoms with van der Waals surface area (Å²) >= 11 is 0. The number of hydrogen-bond acceptors (Lipinski definition) is 4. The quantitative estimate of drug-likeness (QED) is 0.824. The fourth-order valence-electron chi connectivity index (χ4n) is 4.37. The van der Waals surface area contributed by atoms with Crippen molar-refractivity contribution < 1.29 is 9.90 Å². The minimum absolute atomic E-state index is 0.238. The van der Waals surface area contributed by atoms with Gasteiger partial charge in [-0.15, -0.1) is 0 Å². The number of rotatable bonds is 2. The number of amides is 1. The number of aliphatic hydroxyl groups excluding tert-OH is 1. The summed E-state index contributed by atoms with van der Waals surface area (Å²) in [4.78, 5) is 19.3. The molecular weight excluding hydrogens is 278 g/mol. The molecule has 5 heteroatoms. The third-order valence-corrected chi connectivity index (χ3v) is 5.73. The van der Waals surface area contributed by atoms with E-state index in [1.807, 2.05) is 4.90 Å². The van der Waals surface area contributed by atoms with Crippen LogP contribution in [0.5, 0.6) is 0 Å². The Bertz CT molecular complexity index is 376. The zero-order chi connectivity index (χ0) is 15.5. The highest BCUT2D eigenvalue weighted by atomic mass is 16.3. The first-order chi connectivity index (χ1) is 10.6. The van der Waals surface area contributed by atoms with E-state index in [-0.39, 0.29) is 5.91 Å². The highest BCUT2D eigenvalue weighted by Gasteiger charge is 2.35. The van der Waals surface area contributed by atoms with Crippen LogP contribution >= 0.6 is 0 Å². The molecule has 1 aliphatic carbocycles. The number of piperidine rings is 1. The third-order valence-electron chi connectivity index (χ3n) is 5.73. The number of nitrogens with zero attached hydrogens (tertiary/aromatic N) is 3. The van der Waals surface area contributed by atoms with Crippen LogP contribution in [0.4, 0.5) is 0 Å². The van der Waals surface area contributed by atoms with Gasteiger partial charge in [-0.05, 0) is 45.8 Å². The van der Waals surface area contributed by atoms with Gasteiger partial charge in [0.05, 0.1) is 12.6 Å². The second-order valence-corrected chi connectivity index (χ2v) is 7.46. The topological polar surface area (TPSA) is 47.0 Å². The van der Waals surface area contributed by atoms with Crippen molar-refractivity contribution in [2.75, 3.05) is 39.8 Å². The van der Waals surface area contributed by atoms with Crippen molar-refractivity contribution in [2.24, 2.45) is 0 Å². The van der Waals surface area contributed by atoms with Crippen molar-refractivity contribution in [3.63, 3.8) is 0 Å². The number of likely N-dealkylation sites (tertiary alicyclic amines) is 1. The molecule has 2 saturated heterocycles. The third kappa shape index (κ3) is 3.81. The van der Waals surface area contributed by atoms with Crippen LogP contribution in [0.1, 0.15) is 44.9 Å². The van der Waals surface area contributed by atoms with Crippen LogP contribution in [0.3, 0.4) is 0 Å². The Morgan fingerprint density at radius 2 is 1.64 bits per heavy atom. The molecule has 2 heterocycles. The summed E-state index contributed by atoms with van der Waals surface area (Å²) in [6.45, 7) is 3.88. The van der Waals surface area contributed by atoms with Gasteiger partial charge in [0.15, 0.2) is 0 Å². The Kier molecular flexibility index (Phi) is 5.37. The van der Waals surface area contributed by atoms with Gasteiger partial charge in [-0.3, -0.25) is 9.69 Å². The normalized spacial score (nSPS) is 31.5. The lowest BCUT2D eigenvalue weighted by atomic mass is 9.94. The zero-order valence-corrected chi connectivity index (χ0v) is 13.9. The van der Waals surface area contributed by atoms with Crippen molar-refractivity contribution in [1.29, 1.82) is 0 Å². The van der Waals surface area contributed by atoms with E-state index in [2.05, 4.69) is 16.8 Å². The SMILES string of the molecule is CN1CCC(N2CC(=O)N(C3CCCCC3)CC(O)C2)CC1. The van der Waals surface area contributed by atoms with E-state index in [1.54, 1.807) is 0 Å². The Hall–Kier alpha value is -0.650. The molecule has 3 aliphatic rings. The zero-order valence-electron chi connectivity index (χ0n) is 13.9. The molecule has 1 N–H and O–H groups in total.